The number of allylic oxidation sites excluding steroid dienone is 1. The fraction of sp³-hybridized carbons (Fsp3) is 0.182. The van der Waals surface area contributed by atoms with E-state index < -0.39 is 0 Å². The number of hydrogen-bond donors (Lipinski definition) is 1. The Bertz CT molecular complexity index is 1030. The van der Waals surface area contributed by atoms with E-state index in [0.29, 0.717) is 11.5 Å². The molecule has 2 aromatic carbocycles. The summed E-state index contributed by atoms with van der Waals surface area (Å²) in [6, 6.07) is 22.0. The molecule has 1 aliphatic heterocycles. The lowest BCUT2D eigenvalue weighted by Crippen LogP contribution is -2.22. The van der Waals surface area contributed by atoms with Gasteiger partial charge in [-0.15, -0.1) is 0 Å². The number of benzene rings is 2. The molecule has 0 bridgehead atoms. The minimum atomic E-state index is -0.279. The van der Waals surface area contributed by atoms with Crippen LogP contribution in [0, 0.1) is 11.3 Å². The van der Waals surface area contributed by atoms with Crippen molar-refractivity contribution < 1.29 is 4.74 Å². The molecule has 27 heavy (non-hydrogen) atoms. The maximum atomic E-state index is 9.77. The van der Waals surface area contributed by atoms with Crippen molar-refractivity contribution >= 4 is 0 Å². The number of nitrogens with two attached hydrogens (primary N) is 1. The van der Waals surface area contributed by atoms with Crippen molar-refractivity contribution in [2.24, 2.45) is 5.73 Å². The summed E-state index contributed by atoms with van der Waals surface area (Å²) < 4.78 is 7.72. The van der Waals surface area contributed by atoms with E-state index in [4.69, 9.17) is 15.6 Å². The van der Waals surface area contributed by atoms with Gasteiger partial charge in [0, 0.05) is 0 Å². The summed E-state index contributed by atoms with van der Waals surface area (Å²) in [4.78, 5) is 0. The lowest BCUT2D eigenvalue weighted by molar-refractivity contribution is 0.367. The van der Waals surface area contributed by atoms with E-state index in [1.54, 1.807) is 4.68 Å². The quantitative estimate of drug-likeness (QED) is 0.765. The molecular weight excluding hydrogens is 336 g/mol. The van der Waals surface area contributed by atoms with Gasteiger partial charge in [0.2, 0.25) is 11.8 Å². The summed E-state index contributed by atoms with van der Waals surface area (Å²) in [5.74, 6) is 0.452. The molecule has 0 radical (unpaired) electrons. The second-order valence-electron chi connectivity index (χ2n) is 6.50. The predicted octanol–water partition coefficient (Wildman–Crippen LogP) is 4.04. The Morgan fingerprint density at radius 2 is 1.78 bits per heavy atom. The van der Waals surface area contributed by atoms with Gasteiger partial charge in [0.25, 0.3) is 0 Å². The Hall–Kier alpha value is -3.52. The lowest BCUT2D eigenvalue weighted by Gasteiger charge is -2.25. The van der Waals surface area contributed by atoms with E-state index in [0.717, 1.165) is 35.3 Å². The van der Waals surface area contributed by atoms with Gasteiger partial charge in [-0.2, -0.15) is 10.4 Å². The molecule has 2 N–H and O–H groups in total. The molecule has 1 atom stereocenters. The van der Waals surface area contributed by atoms with Crippen LogP contribution in [0.1, 0.15) is 36.1 Å². The van der Waals surface area contributed by atoms with Gasteiger partial charge in [-0.1, -0.05) is 61.9 Å². The minimum Gasteiger partial charge on any atom is -0.422 e. The number of hydrogen-bond acceptors (Lipinski definition) is 4. The van der Waals surface area contributed by atoms with Crippen LogP contribution in [0.4, 0.5) is 0 Å². The molecule has 0 fully saturated rings. The fourth-order valence-electron chi connectivity index (χ4n) is 3.56. The number of aromatic nitrogens is 2. The summed E-state index contributed by atoms with van der Waals surface area (Å²) in [5.41, 5.74) is 10.4. The largest absolute Gasteiger partial charge is 0.422 e. The van der Waals surface area contributed by atoms with Crippen molar-refractivity contribution in [3.63, 3.8) is 0 Å². The van der Waals surface area contributed by atoms with Crippen molar-refractivity contribution in [1.82, 2.24) is 9.78 Å². The highest BCUT2D eigenvalue weighted by molar-refractivity contribution is 5.57. The predicted molar refractivity (Wildman–Crippen MR) is 103 cm³/mol. The molecule has 1 aromatic heterocycles. The van der Waals surface area contributed by atoms with Gasteiger partial charge in [-0.05, 0) is 24.1 Å². The zero-order valence-electron chi connectivity index (χ0n) is 15.1. The van der Waals surface area contributed by atoms with Crippen LogP contribution < -0.4 is 10.5 Å². The van der Waals surface area contributed by atoms with E-state index in [9.17, 15) is 5.26 Å². The first-order chi connectivity index (χ1) is 13.2. The smallest absolute Gasteiger partial charge is 0.229 e. The van der Waals surface area contributed by atoms with Crippen LogP contribution in [0.5, 0.6) is 5.88 Å². The first-order valence-electron chi connectivity index (χ1n) is 9.04. The first-order valence-corrected chi connectivity index (χ1v) is 9.04. The number of nitrogens with zero attached hydrogens (tertiary/aromatic N) is 3. The van der Waals surface area contributed by atoms with Gasteiger partial charge in [0.1, 0.15) is 11.6 Å². The van der Waals surface area contributed by atoms with Gasteiger partial charge >= 0.3 is 0 Å². The lowest BCUT2D eigenvalue weighted by atomic mass is 9.83. The number of para-hydroxylation sites is 1. The van der Waals surface area contributed by atoms with Crippen LogP contribution in [0.2, 0.25) is 0 Å². The third kappa shape index (κ3) is 2.85. The van der Waals surface area contributed by atoms with Crippen LogP contribution in [-0.4, -0.2) is 9.78 Å². The number of fused-ring (bicyclic) bond motifs is 1. The number of aryl methyl sites for hydroxylation is 1. The Balaban J connectivity index is 1.98. The van der Waals surface area contributed by atoms with Crippen molar-refractivity contribution in [3.8, 4) is 17.6 Å². The van der Waals surface area contributed by atoms with Gasteiger partial charge in [0.15, 0.2) is 0 Å². The average Bonchev–Trinajstić information content (AvgIpc) is 3.06. The Morgan fingerprint density at radius 1 is 1.11 bits per heavy atom. The molecule has 0 aliphatic carbocycles. The third-order valence-corrected chi connectivity index (χ3v) is 4.74. The van der Waals surface area contributed by atoms with Gasteiger partial charge in [-0.3, -0.25) is 0 Å². The molecular formula is C22H20N4O. The highest BCUT2D eigenvalue weighted by atomic mass is 16.5. The second kappa shape index (κ2) is 7.00. The maximum Gasteiger partial charge on any atom is 0.229 e. The summed E-state index contributed by atoms with van der Waals surface area (Å²) >= 11 is 0. The van der Waals surface area contributed by atoms with Crippen LogP contribution >= 0.6 is 0 Å². The van der Waals surface area contributed by atoms with Gasteiger partial charge in [0.05, 0.1) is 22.9 Å². The highest BCUT2D eigenvalue weighted by Gasteiger charge is 2.36. The Kier molecular flexibility index (Phi) is 4.39. The normalized spacial score (nSPS) is 15.8. The minimum absolute atomic E-state index is 0.138. The van der Waals surface area contributed by atoms with Crippen molar-refractivity contribution in [1.29, 1.82) is 5.26 Å². The first kappa shape index (κ1) is 16.9. The van der Waals surface area contributed by atoms with Gasteiger partial charge < -0.3 is 10.5 Å². The molecule has 0 spiro atoms. The van der Waals surface area contributed by atoms with E-state index >= 15 is 0 Å². The molecule has 5 heteroatoms. The zero-order valence-corrected chi connectivity index (χ0v) is 15.1. The van der Waals surface area contributed by atoms with Crippen LogP contribution in [0.25, 0.3) is 5.69 Å². The SMILES string of the molecule is CCCc1nn(-c2ccccc2)c2c1C(c1ccccc1)C(C#N)=C(N)O2. The van der Waals surface area contributed by atoms with Crippen molar-refractivity contribution in [2.75, 3.05) is 0 Å². The molecule has 5 nitrogen and oxygen atoms in total. The topological polar surface area (TPSA) is 76.9 Å². The molecule has 0 saturated heterocycles. The Morgan fingerprint density at radius 3 is 2.41 bits per heavy atom. The number of rotatable bonds is 4. The summed E-state index contributed by atoms with van der Waals surface area (Å²) in [5, 5.41) is 14.6. The molecule has 1 unspecified atom stereocenters. The van der Waals surface area contributed by atoms with Crippen LogP contribution in [0.3, 0.4) is 0 Å². The summed E-state index contributed by atoms with van der Waals surface area (Å²) in [6.07, 6.45) is 1.74. The van der Waals surface area contributed by atoms with Crippen LogP contribution in [0.15, 0.2) is 72.1 Å². The molecule has 134 valence electrons. The zero-order chi connectivity index (χ0) is 18.8. The monoisotopic (exact) mass is 356 g/mol. The van der Waals surface area contributed by atoms with Crippen molar-refractivity contribution in [2.45, 2.75) is 25.7 Å². The van der Waals surface area contributed by atoms with E-state index in [-0.39, 0.29) is 11.8 Å². The standard InChI is InChI=1S/C22H20N4O/c1-2-9-18-20-19(15-10-5-3-6-11-15)17(14-23)21(24)27-22(20)26(25-18)16-12-7-4-8-13-16/h3-8,10-13,19H,2,9,24H2,1H3. The van der Waals surface area contributed by atoms with Crippen LogP contribution in [-0.2, 0) is 6.42 Å². The van der Waals surface area contributed by atoms with E-state index in [2.05, 4.69) is 13.0 Å². The molecule has 0 saturated carbocycles. The fourth-order valence-corrected chi connectivity index (χ4v) is 3.56. The molecule has 2 heterocycles. The van der Waals surface area contributed by atoms with Crippen molar-refractivity contribution in [3.05, 3.63) is 88.9 Å². The summed E-state index contributed by atoms with van der Waals surface area (Å²) in [6.45, 7) is 2.12. The Labute approximate surface area is 158 Å². The second-order valence-corrected chi connectivity index (χ2v) is 6.50. The third-order valence-electron chi connectivity index (χ3n) is 4.74. The molecule has 4 rings (SSSR count). The molecule has 0 amide bonds. The highest BCUT2D eigenvalue weighted by Crippen LogP contribution is 2.45. The average molecular weight is 356 g/mol. The van der Waals surface area contributed by atoms with Gasteiger partial charge in [-0.25, -0.2) is 4.68 Å². The number of nitriles is 1. The molecule has 3 aromatic rings. The van der Waals surface area contributed by atoms with E-state index in [1.807, 2.05) is 60.7 Å². The summed E-state index contributed by atoms with van der Waals surface area (Å²) in [7, 11) is 0. The maximum absolute atomic E-state index is 9.77. The van der Waals surface area contributed by atoms with E-state index in [1.165, 1.54) is 0 Å². The molecule has 1 aliphatic rings. The number of ether oxygens (including phenoxy) is 1.